The van der Waals surface area contributed by atoms with Crippen LogP contribution >= 0.6 is 15.9 Å². The second-order valence-corrected chi connectivity index (χ2v) is 5.32. The number of alkyl halides is 1. The van der Waals surface area contributed by atoms with E-state index in [0.29, 0.717) is 11.9 Å². The normalized spacial score (nSPS) is 32.0. The van der Waals surface area contributed by atoms with Crippen LogP contribution < -0.4 is 0 Å². The van der Waals surface area contributed by atoms with E-state index in [1.165, 1.54) is 12.8 Å². The number of rotatable bonds is 2. The van der Waals surface area contributed by atoms with Crippen molar-refractivity contribution in [1.82, 2.24) is 4.90 Å². The summed E-state index contributed by atoms with van der Waals surface area (Å²) in [4.78, 5) is 13.9. The molecule has 2 nitrogen and oxygen atoms in total. The molecule has 1 saturated heterocycles. The molecule has 0 aromatic heterocycles. The Morgan fingerprint density at radius 1 is 1.46 bits per heavy atom. The largest absolute Gasteiger partial charge is 0.339 e. The number of halogens is 1. The third kappa shape index (κ3) is 1.90. The maximum absolute atomic E-state index is 11.8. The van der Waals surface area contributed by atoms with E-state index in [1.807, 2.05) is 0 Å². The molecule has 1 amide bonds. The Labute approximate surface area is 87.8 Å². The lowest BCUT2D eigenvalue weighted by atomic mass is 10.1. The fourth-order valence-electron chi connectivity index (χ4n) is 2.09. The van der Waals surface area contributed by atoms with Gasteiger partial charge in [-0.15, -0.1) is 0 Å². The predicted octanol–water partition coefficient (Wildman–Crippen LogP) is 2.17. The van der Waals surface area contributed by atoms with Gasteiger partial charge in [-0.2, -0.15) is 0 Å². The molecule has 74 valence electrons. The summed E-state index contributed by atoms with van der Waals surface area (Å²) in [5.41, 5.74) is 0. The Bertz CT molecular complexity index is 215. The van der Waals surface area contributed by atoms with Gasteiger partial charge in [-0.1, -0.05) is 15.9 Å². The summed E-state index contributed by atoms with van der Waals surface area (Å²) in [7, 11) is 0. The summed E-state index contributed by atoms with van der Waals surface area (Å²) < 4.78 is 0. The van der Waals surface area contributed by atoms with Crippen LogP contribution in [0.3, 0.4) is 0 Å². The van der Waals surface area contributed by atoms with Crippen molar-refractivity contribution in [2.24, 2.45) is 5.92 Å². The van der Waals surface area contributed by atoms with Gasteiger partial charge >= 0.3 is 0 Å². The van der Waals surface area contributed by atoms with Crippen LogP contribution in [0, 0.1) is 5.92 Å². The zero-order valence-corrected chi connectivity index (χ0v) is 9.59. The Morgan fingerprint density at radius 2 is 2.15 bits per heavy atom. The topological polar surface area (TPSA) is 20.3 Å². The molecule has 2 unspecified atom stereocenters. The highest BCUT2D eigenvalue weighted by Crippen LogP contribution is 2.36. The van der Waals surface area contributed by atoms with Crippen molar-refractivity contribution in [1.29, 1.82) is 0 Å². The SMILES string of the molecule is CC(C1CC1)N1CCCC(Br)C1=O. The first-order chi connectivity index (χ1) is 6.20. The lowest BCUT2D eigenvalue weighted by molar-refractivity contribution is -0.135. The van der Waals surface area contributed by atoms with Crippen LogP contribution in [-0.4, -0.2) is 28.2 Å². The van der Waals surface area contributed by atoms with Gasteiger partial charge in [0.05, 0.1) is 4.83 Å². The molecule has 0 aromatic rings. The summed E-state index contributed by atoms with van der Waals surface area (Å²) in [5, 5.41) is 0. The monoisotopic (exact) mass is 245 g/mol. The molecule has 2 rings (SSSR count). The molecule has 2 atom stereocenters. The van der Waals surface area contributed by atoms with Crippen molar-refractivity contribution in [2.45, 2.75) is 43.5 Å². The van der Waals surface area contributed by atoms with Gasteiger partial charge in [-0.3, -0.25) is 4.79 Å². The molecule has 0 radical (unpaired) electrons. The van der Waals surface area contributed by atoms with Gasteiger partial charge in [-0.25, -0.2) is 0 Å². The van der Waals surface area contributed by atoms with Gasteiger partial charge in [0.1, 0.15) is 0 Å². The van der Waals surface area contributed by atoms with Crippen molar-refractivity contribution in [3.8, 4) is 0 Å². The molecule has 0 spiro atoms. The van der Waals surface area contributed by atoms with Crippen LogP contribution in [0.5, 0.6) is 0 Å². The Morgan fingerprint density at radius 3 is 2.77 bits per heavy atom. The molecule has 0 aromatic carbocycles. The predicted molar refractivity (Wildman–Crippen MR) is 55.8 cm³/mol. The zero-order valence-electron chi connectivity index (χ0n) is 8.00. The van der Waals surface area contributed by atoms with E-state index in [2.05, 4.69) is 27.8 Å². The molecular formula is C10H16BrNO. The van der Waals surface area contributed by atoms with Crippen LogP contribution in [-0.2, 0) is 4.79 Å². The second-order valence-electron chi connectivity index (χ2n) is 4.22. The second kappa shape index (κ2) is 3.60. The molecule has 0 bridgehead atoms. The minimum atomic E-state index is 0.0856. The quantitative estimate of drug-likeness (QED) is 0.684. The molecule has 1 saturated carbocycles. The van der Waals surface area contributed by atoms with Gasteiger partial charge in [-0.05, 0) is 38.5 Å². The molecule has 2 fully saturated rings. The molecule has 1 aliphatic heterocycles. The highest BCUT2D eigenvalue weighted by molar-refractivity contribution is 9.10. The van der Waals surface area contributed by atoms with Crippen molar-refractivity contribution < 1.29 is 4.79 Å². The minimum absolute atomic E-state index is 0.0856. The van der Waals surface area contributed by atoms with Crippen LogP contribution in [0.15, 0.2) is 0 Å². The third-order valence-electron chi connectivity index (χ3n) is 3.20. The number of hydrogen-bond acceptors (Lipinski definition) is 1. The van der Waals surface area contributed by atoms with E-state index in [0.717, 1.165) is 25.3 Å². The maximum Gasteiger partial charge on any atom is 0.236 e. The van der Waals surface area contributed by atoms with Crippen LogP contribution in [0.4, 0.5) is 0 Å². The number of piperidine rings is 1. The van der Waals surface area contributed by atoms with Crippen LogP contribution in [0.25, 0.3) is 0 Å². The minimum Gasteiger partial charge on any atom is -0.339 e. The molecule has 3 heteroatoms. The van der Waals surface area contributed by atoms with E-state index >= 15 is 0 Å². The van der Waals surface area contributed by atoms with Gasteiger partial charge in [0.2, 0.25) is 5.91 Å². The van der Waals surface area contributed by atoms with E-state index in [1.54, 1.807) is 0 Å². The average Bonchev–Trinajstić information content (AvgIpc) is 2.91. The molecular weight excluding hydrogens is 230 g/mol. The molecule has 2 aliphatic rings. The fraction of sp³-hybridized carbons (Fsp3) is 0.900. The first-order valence-electron chi connectivity index (χ1n) is 5.14. The Kier molecular flexibility index (Phi) is 2.63. The molecule has 0 N–H and O–H groups in total. The van der Waals surface area contributed by atoms with E-state index in [9.17, 15) is 4.79 Å². The van der Waals surface area contributed by atoms with E-state index in [-0.39, 0.29) is 4.83 Å². The van der Waals surface area contributed by atoms with Gasteiger partial charge in [0.15, 0.2) is 0 Å². The molecule has 13 heavy (non-hydrogen) atoms. The van der Waals surface area contributed by atoms with E-state index in [4.69, 9.17) is 0 Å². The summed E-state index contributed by atoms with van der Waals surface area (Å²) in [6.45, 7) is 3.17. The summed E-state index contributed by atoms with van der Waals surface area (Å²) >= 11 is 3.44. The lowest BCUT2D eigenvalue weighted by Crippen LogP contribution is -2.47. The van der Waals surface area contributed by atoms with Crippen molar-refractivity contribution in [3.05, 3.63) is 0 Å². The highest BCUT2D eigenvalue weighted by Gasteiger charge is 2.37. The molecule has 1 aliphatic carbocycles. The molecule has 1 heterocycles. The number of likely N-dealkylation sites (tertiary alicyclic amines) is 1. The first kappa shape index (κ1) is 9.50. The lowest BCUT2D eigenvalue weighted by Gasteiger charge is -2.34. The number of hydrogen-bond donors (Lipinski definition) is 0. The number of carbonyl (C=O) groups is 1. The number of nitrogens with zero attached hydrogens (tertiary/aromatic N) is 1. The Balaban J connectivity index is 1.99. The van der Waals surface area contributed by atoms with Crippen molar-refractivity contribution in [3.63, 3.8) is 0 Å². The standard InChI is InChI=1S/C10H16BrNO/c1-7(8-4-5-8)12-6-2-3-9(11)10(12)13/h7-9H,2-6H2,1H3. The van der Waals surface area contributed by atoms with E-state index < -0.39 is 0 Å². The average molecular weight is 246 g/mol. The summed E-state index contributed by atoms with van der Waals surface area (Å²) in [6, 6.07) is 0.479. The maximum atomic E-state index is 11.8. The number of carbonyl (C=O) groups excluding carboxylic acids is 1. The van der Waals surface area contributed by atoms with Gasteiger partial charge in [0.25, 0.3) is 0 Å². The smallest absolute Gasteiger partial charge is 0.236 e. The first-order valence-corrected chi connectivity index (χ1v) is 6.06. The van der Waals surface area contributed by atoms with Crippen molar-refractivity contribution >= 4 is 21.8 Å². The highest BCUT2D eigenvalue weighted by atomic mass is 79.9. The zero-order chi connectivity index (χ0) is 9.42. The van der Waals surface area contributed by atoms with Crippen LogP contribution in [0.1, 0.15) is 32.6 Å². The summed E-state index contributed by atoms with van der Waals surface area (Å²) in [5.74, 6) is 1.10. The fourth-order valence-corrected chi connectivity index (χ4v) is 2.68. The van der Waals surface area contributed by atoms with Gasteiger partial charge < -0.3 is 4.90 Å². The summed E-state index contributed by atoms with van der Waals surface area (Å²) in [6.07, 6.45) is 4.79. The van der Waals surface area contributed by atoms with Gasteiger partial charge in [0, 0.05) is 12.6 Å². The Hall–Kier alpha value is -0.0500. The third-order valence-corrected chi connectivity index (χ3v) is 4.05. The number of amides is 1. The van der Waals surface area contributed by atoms with Crippen LogP contribution in [0.2, 0.25) is 0 Å². The van der Waals surface area contributed by atoms with Crippen molar-refractivity contribution in [2.75, 3.05) is 6.54 Å².